The van der Waals surface area contributed by atoms with Gasteiger partial charge in [0.2, 0.25) is 0 Å². The number of thiazole rings is 1. The van der Waals surface area contributed by atoms with Crippen molar-refractivity contribution in [2.45, 2.75) is 6.42 Å². The maximum Gasteiger partial charge on any atom is 0.311 e. The van der Waals surface area contributed by atoms with E-state index in [1.807, 2.05) is 5.38 Å². The van der Waals surface area contributed by atoms with Gasteiger partial charge in [-0.3, -0.25) is 4.79 Å². The standard InChI is InChI=1S/C6H6BrNO2S/c1-10-5(9)2-4-3-11-6(7)8-4/h3H,2H2,1H3. The fraction of sp³-hybridized carbons (Fsp3) is 0.333. The number of aromatic nitrogens is 1. The summed E-state index contributed by atoms with van der Waals surface area (Å²) in [5.41, 5.74) is 0.744. The van der Waals surface area contributed by atoms with Crippen molar-refractivity contribution >= 4 is 33.2 Å². The minimum absolute atomic E-state index is 0.249. The zero-order valence-electron chi connectivity index (χ0n) is 5.83. The first kappa shape index (κ1) is 8.67. The fourth-order valence-electron chi connectivity index (χ4n) is 0.584. The van der Waals surface area contributed by atoms with Crippen LogP contribution < -0.4 is 0 Å². The van der Waals surface area contributed by atoms with Crippen LogP contribution in [0, 0.1) is 0 Å². The third-order valence-corrected chi connectivity index (χ3v) is 2.49. The maximum absolute atomic E-state index is 10.7. The van der Waals surface area contributed by atoms with Crippen LogP contribution in [0.25, 0.3) is 0 Å². The van der Waals surface area contributed by atoms with Gasteiger partial charge >= 0.3 is 5.97 Å². The zero-order chi connectivity index (χ0) is 8.27. The van der Waals surface area contributed by atoms with Gasteiger partial charge in [0.05, 0.1) is 19.2 Å². The predicted molar refractivity (Wildman–Crippen MR) is 45.5 cm³/mol. The minimum atomic E-state index is -0.261. The predicted octanol–water partition coefficient (Wildman–Crippen LogP) is 1.62. The third-order valence-electron chi connectivity index (χ3n) is 1.08. The molecule has 3 nitrogen and oxygen atoms in total. The number of rotatable bonds is 2. The third kappa shape index (κ3) is 2.59. The number of halogens is 1. The van der Waals surface area contributed by atoms with E-state index >= 15 is 0 Å². The van der Waals surface area contributed by atoms with E-state index in [0.717, 1.165) is 9.61 Å². The Labute approximate surface area is 76.5 Å². The molecule has 0 atom stereocenters. The van der Waals surface area contributed by atoms with Crippen LogP contribution in [-0.4, -0.2) is 18.1 Å². The van der Waals surface area contributed by atoms with Gasteiger partial charge in [-0.15, -0.1) is 11.3 Å². The van der Waals surface area contributed by atoms with Gasteiger partial charge in [-0.25, -0.2) is 4.98 Å². The second-order valence-electron chi connectivity index (χ2n) is 1.84. The molecule has 0 saturated heterocycles. The molecule has 0 saturated carbocycles. The molecule has 0 aliphatic heterocycles. The van der Waals surface area contributed by atoms with Gasteiger partial charge in [0, 0.05) is 5.38 Å². The lowest BCUT2D eigenvalue weighted by molar-refractivity contribution is -0.139. The highest BCUT2D eigenvalue weighted by atomic mass is 79.9. The van der Waals surface area contributed by atoms with Gasteiger partial charge in [-0.05, 0) is 15.9 Å². The molecule has 1 aromatic heterocycles. The molecule has 0 bridgehead atoms. The molecule has 0 amide bonds. The summed E-state index contributed by atoms with van der Waals surface area (Å²) in [7, 11) is 1.36. The van der Waals surface area contributed by atoms with E-state index < -0.39 is 0 Å². The minimum Gasteiger partial charge on any atom is -0.469 e. The summed E-state index contributed by atoms with van der Waals surface area (Å²) in [6.07, 6.45) is 0.249. The number of esters is 1. The van der Waals surface area contributed by atoms with Crippen LogP contribution in [0.4, 0.5) is 0 Å². The van der Waals surface area contributed by atoms with Crippen LogP contribution in [0.1, 0.15) is 5.69 Å². The van der Waals surface area contributed by atoms with Gasteiger partial charge in [-0.1, -0.05) is 0 Å². The van der Waals surface area contributed by atoms with Crippen molar-refractivity contribution in [1.29, 1.82) is 0 Å². The van der Waals surface area contributed by atoms with Gasteiger partial charge in [-0.2, -0.15) is 0 Å². The first-order valence-corrected chi connectivity index (χ1v) is 4.56. The maximum atomic E-state index is 10.7. The lowest BCUT2D eigenvalue weighted by Crippen LogP contribution is -2.04. The summed E-state index contributed by atoms with van der Waals surface area (Å²) >= 11 is 4.65. The van der Waals surface area contributed by atoms with E-state index in [0.29, 0.717) is 0 Å². The lowest BCUT2D eigenvalue weighted by Gasteiger charge is -1.92. The van der Waals surface area contributed by atoms with Crippen LogP contribution in [0.2, 0.25) is 0 Å². The number of ether oxygens (including phenoxy) is 1. The summed E-state index contributed by atoms with van der Waals surface area (Å²) in [4.78, 5) is 14.8. The van der Waals surface area contributed by atoms with Gasteiger partial charge in [0.15, 0.2) is 3.92 Å². The van der Waals surface area contributed by atoms with Crippen molar-refractivity contribution in [2.24, 2.45) is 0 Å². The highest BCUT2D eigenvalue weighted by Gasteiger charge is 2.05. The largest absolute Gasteiger partial charge is 0.469 e. The Morgan fingerprint density at radius 2 is 2.64 bits per heavy atom. The molecule has 0 radical (unpaired) electrons. The lowest BCUT2D eigenvalue weighted by atomic mass is 10.3. The van der Waals surface area contributed by atoms with E-state index in [1.165, 1.54) is 18.4 Å². The van der Waals surface area contributed by atoms with Crippen molar-refractivity contribution in [3.05, 3.63) is 15.0 Å². The number of methoxy groups -OCH3 is 1. The van der Waals surface area contributed by atoms with Gasteiger partial charge < -0.3 is 4.74 Å². The molecule has 5 heteroatoms. The SMILES string of the molecule is COC(=O)Cc1csc(Br)n1. The van der Waals surface area contributed by atoms with E-state index in [9.17, 15) is 4.79 Å². The first-order chi connectivity index (χ1) is 5.22. The highest BCUT2D eigenvalue weighted by molar-refractivity contribution is 9.11. The van der Waals surface area contributed by atoms with Crippen LogP contribution in [0.15, 0.2) is 9.30 Å². The molecule has 0 aliphatic rings. The Kier molecular flexibility index (Phi) is 3.02. The molecule has 0 N–H and O–H groups in total. The van der Waals surface area contributed by atoms with E-state index in [4.69, 9.17) is 0 Å². The number of carbonyl (C=O) groups is 1. The Balaban J connectivity index is 2.57. The molecule has 0 aromatic carbocycles. The Bertz CT molecular complexity index is 261. The fourth-order valence-corrected chi connectivity index (χ4v) is 1.63. The Morgan fingerprint density at radius 1 is 1.91 bits per heavy atom. The molecule has 0 aliphatic carbocycles. The van der Waals surface area contributed by atoms with Crippen molar-refractivity contribution in [1.82, 2.24) is 4.98 Å². The van der Waals surface area contributed by atoms with Crippen LogP contribution in [0.5, 0.6) is 0 Å². The van der Waals surface area contributed by atoms with Gasteiger partial charge in [0.1, 0.15) is 0 Å². The molecule has 0 fully saturated rings. The van der Waals surface area contributed by atoms with Gasteiger partial charge in [0.25, 0.3) is 0 Å². The molecule has 1 aromatic rings. The van der Waals surface area contributed by atoms with Crippen LogP contribution in [0.3, 0.4) is 0 Å². The van der Waals surface area contributed by atoms with E-state index in [-0.39, 0.29) is 12.4 Å². The van der Waals surface area contributed by atoms with Crippen molar-refractivity contribution in [3.8, 4) is 0 Å². The van der Waals surface area contributed by atoms with Crippen molar-refractivity contribution < 1.29 is 9.53 Å². The Morgan fingerprint density at radius 3 is 3.09 bits per heavy atom. The summed E-state index contributed by atoms with van der Waals surface area (Å²) in [5, 5.41) is 1.82. The van der Waals surface area contributed by atoms with E-state index in [2.05, 4.69) is 25.7 Å². The van der Waals surface area contributed by atoms with Crippen molar-refractivity contribution in [3.63, 3.8) is 0 Å². The number of carbonyl (C=O) groups excluding carboxylic acids is 1. The summed E-state index contributed by atoms with van der Waals surface area (Å²) < 4.78 is 5.26. The number of hydrogen-bond acceptors (Lipinski definition) is 4. The molecular weight excluding hydrogens is 230 g/mol. The number of hydrogen-bond donors (Lipinski definition) is 0. The summed E-state index contributed by atoms with van der Waals surface area (Å²) in [6, 6.07) is 0. The second-order valence-corrected chi connectivity index (χ2v) is 3.98. The van der Waals surface area contributed by atoms with Crippen LogP contribution in [-0.2, 0) is 16.0 Å². The molecule has 60 valence electrons. The normalized spacial score (nSPS) is 9.64. The highest BCUT2D eigenvalue weighted by Crippen LogP contribution is 2.16. The Hall–Kier alpha value is -0.420. The molecule has 0 spiro atoms. The zero-order valence-corrected chi connectivity index (χ0v) is 8.24. The monoisotopic (exact) mass is 235 g/mol. The summed E-state index contributed by atoms with van der Waals surface area (Å²) in [6.45, 7) is 0. The first-order valence-electron chi connectivity index (χ1n) is 2.89. The molecule has 1 rings (SSSR count). The number of nitrogens with zero attached hydrogens (tertiary/aromatic N) is 1. The smallest absolute Gasteiger partial charge is 0.311 e. The summed E-state index contributed by atoms with van der Waals surface area (Å²) in [5.74, 6) is -0.261. The molecule has 0 unspecified atom stereocenters. The topological polar surface area (TPSA) is 39.2 Å². The average molecular weight is 236 g/mol. The van der Waals surface area contributed by atoms with Crippen LogP contribution >= 0.6 is 27.3 Å². The molecular formula is C6H6BrNO2S. The second kappa shape index (κ2) is 3.82. The van der Waals surface area contributed by atoms with Crippen molar-refractivity contribution in [2.75, 3.05) is 7.11 Å². The van der Waals surface area contributed by atoms with E-state index in [1.54, 1.807) is 0 Å². The molecule has 1 heterocycles. The molecule has 11 heavy (non-hydrogen) atoms. The quantitative estimate of drug-likeness (QED) is 0.732. The average Bonchev–Trinajstić information content (AvgIpc) is 2.35.